The fourth-order valence-electron chi connectivity index (χ4n) is 3.16. The van der Waals surface area contributed by atoms with Crippen LogP contribution in [0.3, 0.4) is 0 Å². The molecule has 7 nitrogen and oxygen atoms in total. The van der Waals surface area contributed by atoms with Gasteiger partial charge in [-0.05, 0) is 62.1 Å². The van der Waals surface area contributed by atoms with Crippen LogP contribution in [-0.4, -0.2) is 30.5 Å². The van der Waals surface area contributed by atoms with E-state index in [1.54, 1.807) is 6.92 Å². The van der Waals surface area contributed by atoms with E-state index in [4.69, 9.17) is 4.74 Å². The van der Waals surface area contributed by atoms with Crippen molar-refractivity contribution < 1.29 is 14.5 Å². The first-order valence-corrected chi connectivity index (χ1v) is 9.05. The van der Waals surface area contributed by atoms with Crippen molar-refractivity contribution in [1.82, 2.24) is 0 Å². The van der Waals surface area contributed by atoms with Gasteiger partial charge >= 0.3 is 0 Å². The first kappa shape index (κ1) is 18.7. The first-order chi connectivity index (χ1) is 13.0. The quantitative estimate of drug-likeness (QED) is 0.616. The Morgan fingerprint density at radius 3 is 2.48 bits per heavy atom. The summed E-state index contributed by atoms with van der Waals surface area (Å²) in [6.45, 7) is 3.70. The van der Waals surface area contributed by atoms with Crippen LogP contribution < -0.4 is 15.0 Å². The minimum atomic E-state index is -0.461. The summed E-state index contributed by atoms with van der Waals surface area (Å²) >= 11 is 0. The summed E-state index contributed by atoms with van der Waals surface area (Å²) in [6.07, 6.45) is 3.73. The Morgan fingerprint density at radius 1 is 1.15 bits per heavy atom. The van der Waals surface area contributed by atoms with Crippen LogP contribution in [-0.2, 0) is 4.79 Å². The van der Waals surface area contributed by atoms with Crippen LogP contribution in [0.25, 0.3) is 0 Å². The van der Waals surface area contributed by atoms with Crippen molar-refractivity contribution in [3.63, 3.8) is 0 Å². The molecule has 7 heteroatoms. The second-order valence-corrected chi connectivity index (χ2v) is 6.64. The summed E-state index contributed by atoms with van der Waals surface area (Å²) in [7, 11) is 0. The van der Waals surface area contributed by atoms with Crippen molar-refractivity contribution in [1.29, 1.82) is 0 Å². The van der Waals surface area contributed by atoms with E-state index in [0.717, 1.165) is 13.1 Å². The van der Waals surface area contributed by atoms with E-state index in [2.05, 4.69) is 10.2 Å². The number of piperidine rings is 1. The number of hydrogen-bond acceptors (Lipinski definition) is 5. The zero-order chi connectivity index (χ0) is 19.2. The van der Waals surface area contributed by atoms with Gasteiger partial charge in [0.2, 0.25) is 0 Å². The highest BCUT2D eigenvalue weighted by molar-refractivity contribution is 5.92. The van der Waals surface area contributed by atoms with Crippen LogP contribution in [0, 0.1) is 17.0 Å². The van der Waals surface area contributed by atoms with Gasteiger partial charge in [-0.25, -0.2) is 0 Å². The lowest BCUT2D eigenvalue weighted by Gasteiger charge is -2.28. The second-order valence-electron chi connectivity index (χ2n) is 6.64. The standard InChI is InChI=1S/C20H23N3O4/c1-15-13-18(23(25)26)9-10-19(15)27-14-20(24)21-16-5-7-17(8-6-16)22-11-3-2-4-12-22/h5-10,13H,2-4,11-12,14H2,1H3,(H,21,24). The minimum Gasteiger partial charge on any atom is -0.483 e. The molecule has 3 rings (SSSR count). The maximum atomic E-state index is 12.1. The molecule has 142 valence electrons. The Balaban J connectivity index is 1.52. The summed E-state index contributed by atoms with van der Waals surface area (Å²) in [4.78, 5) is 24.8. The van der Waals surface area contributed by atoms with Gasteiger partial charge in [-0.2, -0.15) is 0 Å². The molecule has 2 aromatic rings. The maximum absolute atomic E-state index is 12.1. The molecule has 1 heterocycles. The van der Waals surface area contributed by atoms with Gasteiger partial charge in [-0.3, -0.25) is 14.9 Å². The molecule has 0 unspecified atom stereocenters. The van der Waals surface area contributed by atoms with Crippen molar-refractivity contribution in [2.75, 3.05) is 29.9 Å². The van der Waals surface area contributed by atoms with E-state index in [1.807, 2.05) is 24.3 Å². The number of carbonyl (C=O) groups is 1. The van der Waals surface area contributed by atoms with E-state index in [9.17, 15) is 14.9 Å². The third kappa shape index (κ3) is 4.97. The van der Waals surface area contributed by atoms with E-state index in [-0.39, 0.29) is 18.2 Å². The van der Waals surface area contributed by atoms with Gasteiger partial charge in [0.15, 0.2) is 6.61 Å². The number of amides is 1. The lowest BCUT2D eigenvalue weighted by molar-refractivity contribution is -0.384. The van der Waals surface area contributed by atoms with Crippen LogP contribution in [0.15, 0.2) is 42.5 Å². The molecule has 1 N–H and O–H groups in total. The molecular weight excluding hydrogens is 346 g/mol. The Kier molecular flexibility index (Phi) is 5.90. The normalized spacial score (nSPS) is 13.9. The van der Waals surface area contributed by atoms with Crippen LogP contribution in [0.5, 0.6) is 5.75 Å². The fraction of sp³-hybridized carbons (Fsp3) is 0.350. The predicted molar refractivity (Wildman–Crippen MR) is 104 cm³/mol. The van der Waals surface area contributed by atoms with Gasteiger partial charge < -0.3 is 15.0 Å². The fourth-order valence-corrected chi connectivity index (χ4v) is 3.16. The third-order valence-corrected chi connectivity index (χ3v) is 4.60. The maximum Gasteiger partial charge on any atom is 0.269 e. The highest BCUT2D eigenvalue weighted by Crippen LogP contribution is 2.24. The molecule has 1 saturated heterocycles. The lowest BCUT2D eigenvalue weighted by atomic mass is 10.1. The molecule has 0 spiro atoms. The molecular formula is C20H23N3O4. The Morgan fingerprint density at radius 2 is 1.85 bits per heavy atom. The minimum absolute atomic E-state index is 0.00176. The molecule has 1 fully saturated rings. The monoisotopic (exact) mass is 369 g/mol. The van der Waals surface area contributed by atoms with Gasteiger partial charge in [0.25, 0.3) is 11.6 Å². The molecule has 0 bridgehead atoms. The Labute approximate surface area is 158 Å². The third-order valence-electron chi connectivity index (χ3n) is 4.60. The number of hydrogen-bond donors (Lipinski definition) is 1. The van der Waals surface area contributed by atoms with E-state index < -0.39 is 4.92 Å². The van der Waals surface area contributed by atoms with Crippen LogP contribution in [0.4, 0.5) is 17.1 Å². The highest BCUT2D eigenvalue weighted by Gasteiger charge is 2.12. The molecule has 1 aliphatic heterocycles. The topological polar surface area (TPSA) is 84.7 Å². The number of aryl methyl sites for hydroxylation is 1. The van der Waals surface area contributed by atoms with Crippen molar-refractivity contribution in [3.8, 4) is 5.75 Å². The molecule has 2 aromatic carbocycles. The van der Waals surface area contributed by atoms with Crippen molar-refractivity contribution in [2.45, 2.75) is 26.2 Å². The number of rotatable bonds is 6. The van der Waals surface area contributed by atoms with Crippen molar-refractivity contribution >= 4 is 23.0 Å². The average molecular weight is 369 g/mol. The zero-order valence-electron chi connectivity index (χ0n) is 15.3. The second kappa shape index (κ2) is 8.53. The largest absolute Gasteiger partial charge is 0.483 e. The summed E-state index contributed by atoms with van der Waals surface area (Å²) in [5.41, 5.74) is 2.50. The highest BCUT2D eigenvalue weighted by atomic mass is 16.6. The van der Waals surface area contributed by atoms with Gasteiger partial charge in [0, 0.05) is 36.6 Å². The number of benzene rings is 2. The smallest absolute Gasteiger partial charge is 0.269 e. The molecule has 1 aliphatic rings. The van der Waals surface area contributed by atoms with Crippen LogP contribution in [0.2, 0.25) is 0 Å². The van der Waals surface area contributed by atoms with Crippen molar-refractivity contribution in [2.24, 2.45) is 0 Å². The number of carbonyl (C=O) groups excluding carboxylic acids is 1. The van der Waals surface area contributed by atoms with Crippen LogP contribution >= 0.6 is 0 Å². The summed E-state index contributed by atoms with van der Waals surface area (Å²) < 4.78 is 5.48. The van der Waals surface area contributed by atoms with E-state index in [1.165, 1.54) is 43.1 Å². The van der Waals surface area contributed by atoms with Gasteiger partial charge in [0.1, 0.15) is 5.75 Å². The Bertz CT molecular complexity index is 814. The summed E-state index contributed by atoms with van der Waals surface area (Å²) in [5.74, 6) is 0.176. The molecule has 0 aromatic heterocycles. The molecule has 0 aliphatic carbocycles. The molecule has 0 atom stereocenters. The molecule has 0 saturated carbocycles. The average Bonchev–Trinajstić information content (AvgIpc) is 2.68. The van der Waals surface area contributed by atoms with Gasteiger partial charge in [-0.15, -0.1) is 0 Å². The Hall–Kier alpha value is -3.09. The van der Waals surface area contributed by atoms with Gasteiger partial charge in [-0.1, -0.05) is 0 Å². The molecule has 0 radical (unpaired) electrons. The number of anilines is 2. The van der Waals surface area contributed by atoms with E-state index >= 15 is 0 Å². The van der Waals surface area contributed by atoms with Crippen molar-refractivity contribution in [3.05, 3.63) is 58.1 Å². The summed E-state index contributed by atoms with van der Waals surface area (Å²) in [6, 6.07) is 12.1. The van der Waals surface area contributed by atoms with Crippen LogP contribution in [0.1, 0.15) is 24.8 Å². The molecule has 27 heavy (non-hydrogen) atoms. The number of nitrogens with one attached hydrogen (secondary N) is 1. The predicted octanol–water partition coefficient (Wildman–Crippen LogP) is 3.91. The number of nitro benzene ring substituents is 1. The summed E-state index contributed by atoms with van der Waals surface area (Å²) in [5, 5.41) is 13.6. The van der Waals surface area contributed by atoms with Gasteiger partial charge in [0.05, 0.1) is 4.92 Å². The first-order valence-electron chi connectivity index (χ1n) is 9.05. The van der Waals surface area contributed by atoms with E-state index in [0.29, 0.717) is 17.0 Å². The SMILES string of the molecule is Cc1cc([N+](=O)[O-])ccc1OCC(=O)Nc1ccc(N2CCCCC2)cc1. The number of ether oxygens (including phenoxy) is 1. The number of nitro groups is 1. The number of nitrogens with zero attached hydrogens (tertiary/aromatic N) is 2. The molecule has 1 amide bonds. The number of non-ortho nitro benzene ring substituents is 1. The zero-order valence-corrected chi connectivity index (χ0v) is 15.3. The lowest BCUT2D eigenvalue weighted by Crippen LogP contribution is -2.29.